The molecule has 0 atom stereocenters. The fourth-order valence-corrected chi connectivity index (χ4v) is 4.15. The van der Waals surface area contributed by atoms with Crippen LogP contribution in [0.3, 0.4) is 0 Å². The molecule has 7 heteroatoms. The van der Waals surface area contributed by atoms with Crippen molar-refractivity contribution < 1.29 is 14.3 Å². The summed E-state index contributed by atoms with van der Waals surface area (Å²) < 4.78 is 11.4. The fourth-order valence-electron chi connectivity index (χ4n) is 3.67. The second-order valence-electron chi connectivity index (χ2n) is 7.40. The first kappa shape index (κ1) is 22.8. The molecule has 3 aromatic carbocycles. The third-order valence-electron chi connectivity index (χ3n) is 5.33. The molecule has 1 aliphatic rings. The number of thiocarbonyl (C=S) groups is 1. The van der Waals surface area contributed by atoms with E-state index in [1.807, 2.05) is 60.7 Å². The van der Waals surface area contributed by atoms with Crippen LogP contribution in [0.2, 0.25) is 5.02 Å². The van der Waals surface area contributed by atoms with Crippen molar-refractivity contribution in [2.45, 2.75) is 20.0 Å². The predicted octanol–water partition coefficient (Wildman–Crippen LogP) is 5.75. The van der Waals surface area contributed by atoms with Crippen LogP contribution >= 0.6 is 23.8 Å². The van der Waals surface area contributed by atoms with Gasteiger partial charge in [-0.2, -0.15) is 0 Å². The Labute approximate surface area is 203 Å². The van der Waals surface area contributed by atoms with Crippen molar-refractivity contribution in [1.29, 1.82) is 0 Å². The Morgan fingerprint density at radius 2 is 1.79 bits per heavy atom. The van der Waals surface area contributed by atoms with Gasteiger partial charge in [0.1, 0.15) is 23.8 Å². The Bertz CT molecular complexity index is 1240. The lowest BCUT2D eigenvalue weighted by atomic mass is 10.1. The number of hydrogen-bond donors (Lipinski definition) is 1. The van der Waals surface area contributed by atoms with Gasteiger partial charge in [0, 0.05) is 5.56 Å². The van der Waals surface area contributed by atoms with Gasteiger partial charge < -0.3 is 14.8 Å². The van der Waals surface area contributed by atoms with Crippen molar-refractivity contribution in [3.63, 3.8) is 0 Å². The second-order valence-corrected chi connectivity index (χ2v) is 8.20. The number of halogens is 1. The number of methoxy groups -OCH3 is 1. The normalized spacial score (nSPS) is 14.5. The lowest BCUT2D eigenvalue weighted by molar-refractivity contribution is -0.113. The molecule has 0 bridgehead atoms. The van der Waals surface area contributed by atoms with Gasteiger partial charge in [-0.15, -0.1) is 0 Å². The summed E-state index contributed by atoms with van der Waals surface area (Å²) in [5.74, 6) is 1.09. The van der Waals surface area contributed by atoms with Crippen LogP contribution in [0, 0.1) is 0 Å². The Morgan fingerprint density at radius 3 is 2.55 bits per heavy atom. The van der Waals surface area contributed by atoms with Gasteiger partial charge in [0.25, 0.3) is 5.91 Å². The Balaban J connectivity index is 1.60. The second kappa shape index (κ2) is 10.1. The maximum atomic E-state index is 13.2. The van der Waals surface area contributed by atoms with Crippen LogP contribution in [0.4, 0.5) is 5.69 Å². The number of nitrogens with one attached hydrogen (secondary N) is 1. The average molecular weight is 479 g/mol. The van der Waals surface area contributed by atoms with E-state index in [2.05, 4.69) is 12.2 Å². The molecule has 1 amide bonds. The van der Waals surface area contributed by atoms with Crippen molar-refractivity contribution in [2.24, 2.45) is 0 Å². The number of aryl methyl sites for hydroxylation is 1. The van der Waals surface area contributed by atoms with Gasteiger partial charge in [-0.1, -0.05) is 54.9 Å². The number of nitrogens with zero attached hydrogens (tertiary/aromatic N) is 1. The van der Waals surface area contributed by atoms with Crippen molar-refractivity contribution >= 4 is 46.6 Å². The number of hydrogen-bond acceptors (Lipinski definition) is 4. The maximum absolute atomic E-state index is 13.2. The highest BCUT2D eigenvalue weighted by Gasteiger charge is 2.33. The molecule has 33 heavy (non-hydrogen) atoms. The predicted molar refractivity (Wildman–Crippen MR) is 136 cm³/mol. The highest BCUT2D eigenvalue weighted by Crippen LogP contribution is 2.29. The molecule has 0 saturated carbocycles. The van der Waals surface area contributed by atoms with Gasteiger partial charge in [-0.05, 0) is 66.2 Å². The van der Waals surface area contributed by atoms with Crippen LogP contribution in [0.5, 0.6) is 11.5 Å². The van der Waals surface area contributed by atoms with E-state index in [-0.39, 0.29) is 12.5 Å². The van der Waals surface area contributed by atoms with E-state index in [9.17, 15) is 4.79 Å². The van der Waals surface area contributed by atoms with E-state index in [1.165, 1.54) is 0 Å². The van der Waals surface area contributed by atoms with Crippen LogP contribution in [0.1, 0.15) is 23.6 Å². The molecule has 1 saturated heterocycles. The molecule has 1 N–H and O–H groups in total. The number of amides is 1. The molecule has 1 aliphatic heterocycles. The maximum Gasteiger partial charge on any atom is 0.281 e. The molecular weight excluding hydrogens is 456 g/mol. The molecule has 1 heterocycles. The van der Waals surface area contributed by atoms with Crippen LogP contribution in [0.25, 0.3) is 6.08 Å². The summed E-state index contributed by atoms with van der Waals surface area (Å²) in [7, 11) is 1.61. The molecule has 0 aliphatic carbocycles. The van der Waals surface area contributed by atoms with Crippen LogP contribution < -0.4 is 19.7 Å². The topological polar surface area (TPSA) is 50.8 Å². The molecule has 5 nitrogen and oxygen atoms in total. The van der Waals surface area contributed by atoms with Crippen molar-refractivity contribution in [3.05, 3.63) is 94.1 Å². The zero-order chi connectivity index (χ0) is 23.4. The highest BCUT2D eigenvalue weighted by molar-refractivity contribution is 7.80. The highest BCUT2D eigenvalue weighted by atomic mass is 35.5. The van der Waals surface area contributed by atoms with Crippen LogP contribution in [-0.2, 0) is 17.8 Å². The van der Waals surface area contributed by atoms with E-state index >= 15 is 0 Å². The monoisotopic (exact) mass is 478 g/mol. The lowest BCUT2D eigenvalue weighted by Gasteiger charge is -2.17. The van der Waals surface area contributed by atoms with Gasteiger partial charge in [0.15, 0.2) is 5.11 Å². The zero-order valence-electron chi connectivity index (χ0n) is 18.3. The van der Waals surface area contributed by atoms with Gasteiger partial charge in [-0.3, -0.25) is 9.69 Å². The van der Waals surface area contributed by atoms with Crippen molar-refractivity contribution in [2.75, 3.05) is 12.0 Å². The van der Waals surface area contributed by atoms with Gasteiger partial charge >= 0.3 is 0 Å². The van der Waals surface area contributed by atoms with Crippen molar-refractivity contribution in [3.8, 4) is 11.5 Å². The minimum Gasteiger partial charge on any atom is -0.496 e. The van der Waals surface area contributed by atoms with E-state index in [0.29, 0.717) is 27.3 Å². The Kier molecular flexibility index (Phi) is 6.96. The summed E-state index contributed by atoms with van der Waals surface area (Å²) in [4.78, 5) is 14.7. The summed E-state index contributed by atoms with van der Waals surface area (Å²) in [6, 6.07) is 20.7. The van der Waals surface area contributed by atoms with E-state index in [1.54, 1.807) is 24.2 Å². The SMILES string of the molecule is CCc1ccccc1N1C(=O)/C(=C\c2ccc(OC)c(COc3ccccc3Cl)c2)NC1=S. The van der Waals surface area contributed by atoms with E-state index in [0.717, 1.165) is 28.8 Å². The number of rotatable bonds is 7. The number of para-hydroxylation sites is 2. The molecule has 4 rings (SSSR count). The molecule has 0 unspecified atom stereocenters. The molecule has 0 radical (unpaired) electrons. The third kappa shape index (κ3) is 4.87. The number of carbonyl (C=O) groups excluding carboxylic acids is 1. The fraction of sp³-hybridized carbons (Fsp3) is 0.154. The van der Waals surface area contributed by atoms with Gasteiger partial charge in [-0.25, -0.2) is 0 Å². The van der Waals surface area contributed by atoms with Gasteiger partial charge in [0.2, 0.25) is 0 Å². The number of anilines is 1. The first-order valence-electron chi connectivity index (χ1n) is 10.5. The Hall–Kier alpha value is -3.35. The number of carbonyl (C=O) groups is 1. The first-order chi connectivity index (χ1) is 16.0. The van der Waals surface area contributed by atoms with Crippen molar-refractivity contribution in [1.82, 2.24) is 5.32 Å². The molecule has 0 spiro atoms. The van der Waals surface area contributed by atoms with Gasteiger partial charge in [0.05, 0.1) is 17.8 Å². The smallest absolute Gasteiger partial charge is 0.281 e. The van der Waals surface area contributed by atoms with Crippen LogP contribution in [-0.4, -0.2) is 18.1 Å². The molecule has 0 aromatic heterocycles. The summed E-state index contributed by atoms with van der Waals surface area (Å²) in [6.07, 6.45) is 2.58. The average Bonchev–Trinajstić information content (AvgIpc) is 3.11. The summed E-state index contributed by atoms with van der Waals surface area (Å²) in [5.41, 5.74) is 3.91. The standard InChI is InChI=1S/C26H23ClN2O3S/c1-3-18-8-4-6-10-22(18)29-25(30)21(28-26(29)33)15-17-12-13-23(31-2)19(14-17)16-32-24-11-7-5-9-20(24)27/h4-15H,3,16H2,1-2H3,(H,28,33)/b21-15+. The minimum atomic E-state index is -0.189. The first-order valence-corrected chi connectivity index (χ1v) is 11.3. The summed E-state index contributed by atoms with van der Waals surface area (Å²) in [5, 5.41) is 3.96. The van der Waals surface area contributed by atoms with E-state index < -0.39 is 0 Å². The third-order valence-corrected chi connectivity index (χ3v) is 5.92. The lowest BCUT2D eigenvalue weighted by Crippen LogP contribution is -2.31. The zero-order valence-corrected chi connectivity index (χ0v) is 19.9. The molecule has 1 fully saturated rings. The largest absolute Gasteiger partial charge is 0.496 e. The number of benzene rings is 3. The quantitative estimate of drug-likeness (QED) is 0.346. The number of ether oxygens (including phenoxy) is 2. The minimum absolute atomic E-state index is 0.189. The Morgan fingerprint density at radius 1 is 1.03 bits per heavy atom. The van der Waals surface area contributed by atoms with E-state index in [4.69, 9.17) is 33.3 Å². The molecule has 168 valence electrons. The van der Waals surface area contributed by atoms with Crippen LogP contribution in [0.15, 0.2) is 72.4 Å². The summed E-state index contributed by atoms with van der Waals surface area (Å²) in [6.45, 7) is 2.32. The molecular formula is C26H23ClN2O3S. The molecule has 3 aromatic rings. The summed E-state index contributed by atoms with van der Waals surface area (Å²) >= 11 is 11.7.